The molecule has 468 valence electrons. The molecule has 3 amide bonds. The van der Waals surface area contributed by atoms with Gasteiger partial charge in [0.15, 0.2) is 18.9 Å². The molecule has 0 aromatic heterocycles. The van der Waals surface area contributed by atoms with Gasteiger partial charge < -0.3 is 160 Å². The summed E-state index contributed by atoms with van der Waals surface area (Å²) in [5.74, 6) is -14.4. The van der Waals surface area contributed by atoms with Crippen LogP contribution in [0.1, 0.15) is 19.8 Å². The molecule has 5 fully saturated rings. The number of ether oxygens (including phenoxy) is 11. The van der Waals surface area contributed by atoms with Crippen LogP contribution in [0.25, 0.3) is 0 Å². The minimum atomic E-state index is -3.40. The summed E-state index contributed by atoms with van der Waals surface area (Å²) < 4.78 is 62.0. The first-order valence-electron chi connectivity index (χ1n) is 25.0. The van der Waals surface area contributed by atoms with E-state index in [4.69, 9.17) is 52.1 Å². The van der Waals surface area contributed by atoms with Crippen molar-refractivity contribution in [1.82, 2.24) is 16.0 Å². The summed E-state index contributed by atoms with van der Waals surface area (Å²) in [6.45, 7) is -7.06. The Bertz CT molecular complexity index is 2060. The molecule has 0 bridgehead atoms. The topological polar surface area (TPSA) is 587 Å². The van der Waals surface area contributed by atoms with Gasteiger partial charge in [0, 0.05) is 34.0 Å². The summed E-state index contributed by atoms with van der Waals surface area (Å²) in [5.41, 5.74) is 0. The summed E-state index contributed by atoms with van der Waals surface area (Å²) in [6.07, 6.45) is -49.1. The molecule has 5 aliphatic rings. The van der Waals surface area contributed by atoms with Gasteiger partial charge in [-0.1, -0.05) is 0 Å². The Morgan fingerprint density at radius 3 is 1.48 bits per heavy atom. The molecule has 0 aromatic rings. The quantitative estimate of drug-likeness (QED) is 0.0382. The highest BCUT2D eigenvalue weighted by atomic mass is 16.8. The summed E-state index contributed by atoms with van der Waals surface area (Å²) in [6, 6.07) is -5.85. The number of aliphatic hydroxyl groups is 16. The number of carbonyl (C=O) groups is 5. The van der Waals surface area contributed by atoms with Gasteiger partial charge in [-0.05, 0) is 0 Å². The van der Waals surface area contributed by atoms with Crippen LogP contribution >= 0.6 is 0 Å². The highest BCUT2D eigenvalue weighted by Crippen LogP contribution is 2.41. The van der Waals surface area contributed by atoms with Crippen LogP contribution in [0.3, 0.4) is 0 Å². The standard InChI is InChI=1S/C44H73N3O34/c1-13(54)45-25-36(81-44(42(69)70)5-15(56)24(47-22(58)11-53)35(80-44)27(60)17(7-49)72-3)29(62)20(12-73-43(41(67)68)4-14(55)23(46-21(57)10-52)34(79-43)26(59)16(6-48)71-2)76-39(25)78-37-28(61)18(8-50)75-40(32(37)65)77-33-19(9-51)74-38(66)31(64)30(33)63/h14-20,23-40,48-53,55-56,59-66H,4-12H2,1-3H3,(H,45,54)(H,46,57)(H,47,58)(H,67,68)(H,69,70)/t14-,15-,16+,17+,18+,19+,20+,23+,24+,25+,26+,27+,28-,29-,30+,31+,32+,33+,34+,35+,36+,37-,38?,39?,40?,43?,44?/m0/s1. The van der Waals surface area contributed by atoms with Crippen molar-refractivity contribution >= 4 is 29.7 Å². The Morgan fingerprint density at radius 1 is 0.556 bits per heavy atom. The largest absolute Gasteiger partial charge is 0.477 e. The van der Waals surface area contributed by atoms with Crippen molar-refractivity contribution in [2.45, 2.75) is 184 Å². The minimum absolute atomic E-state index is 0.850. The fourth-order valence-corrected chi connectivity index (χ4v) is 9.94. The van der Waals surface area contributed by atoms with E-state index in [1.54, 1.807) is 0 Å². The molecule has 5 heterocycles. The molecule has 21 N–H and O–H groups in total. The third-order valence-electron chi connectivity index (χ3n) is 14.2. The van der Waals surface area contributed by atoms with Crippen LogP contribution in [0.5, 0.6) is 0 Å². The molecule has 0 aromatic carbocycles. The van der Waals surface area contributed by atoms with E-state index in [0.717, 1.165) is 21.1 Å². The lowest BCUT2D eigenvalue weighted by molar-refractivity contribution is -0.386. The number of nitrogens with one attached hydrogen (secondary N) is 3. The van der Waals surface area contributed by atoms with E-state index >= 15 is 0 Å². The summed E-state index contributed by atoms with van der Waals surface area (Å²) >= 11 is 0. The minimum Gasteiger partial charge on any atom is -0.477 e. The van der Waals surface area contributed by atoms with Crippen molar-refractivity contribution in [3.63, 3.8) is 0 Å². The maximum absolute atomic E-state index is 13.6. The highest BCUT2D eigenvalue weighted by Gasteiger charge is 2.62. The zero-order valence-corrected chi connectivity index (χ0v) is 43.4. The molecule has 0 aliphatic carbocycles. The third kappa shape index (κ3) is 15.0. The molecule has 5 unspecified atom stereocenters. The van der Waals surface area contributed by atoms with Crippen LogP contribution < -0.4 is 16.0 Å². The Kier molecular flexibility index (Phi) is 24.7. The number of carbonyl (C=O) groups excluding carboxylic acids is 3. The van der Waals surface area contributed by atoms with Crippen LogP contribution in [-0.2, 0) is 76.1 Å². The van der Waals surface area contributed by atoms with Gasteiger partial charge in [-0.15, -0.1) is 0 Å². The smallest absolute Gasteiger partial charge is 0.364 e. The molecular formula is C44H73N3O34. The molecule has 5 rings (SSSR count). The summed E-state index contributed by atoms with van der Waals surface area (Å²) in [7, 11) is 1.99. The number of aliphatic carboxylic acids is 2. The van der Waals surface area contributed by atoms with E-state index in [-0.39, 0.29) is 0 Å². The molecular weight excluding hydrogens is 1110 g/mol. The Balaban J connectivity index is 1.64. The van der Waals surface area contributed by atoms with Crippen LogP contribution in [0.4, 0.5) is 0 Å². The second-order valence-electron chi connectivity index (χ2n) is 19.5. The number of hydrogen-bond donors (Lipinski definition) is 21. The van der Waals surface area contributed by atoms with Crippen molar-refractivity contribution < 1.29 is 168 Å². The molecule has 5 saturated heterocycles. The lowest BCUT2D eigenvalue weighted by atomic mass is 9.87. The van der Waals surface area contributed by atoms with E-state index in [2.05, 4.69) is 16.0 Å². The molecule has 0 radical (unpaired) electrons. The normalized spacial score (nSPS) is 41.7. The number of hydrogen-bond acceptors (Lipinski definition) is 32. The monoisotopic (exact) mass is 1190 g/mol. The first-order valence-corrected chi connectivity index (χ1v) is 25.0. The molecule has 27 atom stereocenters. The zero-order valence-electron chi connectivity index (χ0n) is 43.4. The van der Waals surface area contributed by atoms with Crippen molar-refractivity contribution in [3.05, 3.63) is 0 Å². The number of carboxylic acids is 2. The molecule has 5 aliphatic heterocycles. The number of carboxylic acid groups (broad SMARTS) is 2. The summed E-state index contributed by atoms with van der Waals surface area (Å²) in [4.78, 5) is 64.9. The fraction of sp³-hybridized carbons (Fsp3) is 0.886. The van der Waals surface area contributed by atoms with Crippen LogP contribution in [0, 0.1) is 0 Å². The fourth-order valence-electron chi connectivity index (χ4n) is 9.94. The molecule has 0 saturated carbocycles. The maximum Gasteiger partial charge on any atom is 0.364 e. The van der Waals surface area contributed by atoms with Gasteiger partial charge in [0.05, 0.1) is 57.3 Å². The van der Waals surface area contributed by atoms with Gasteiger partial charge >= 0.3 is 11.9 Å². The van der Waals surface area contributed by atoms with Crippen LogP contribution in [0.15, 0.2) is 0 Å². The lowest BCUT2D eigenvalue weighted by Crippen LogP contribution is -2.73. The number of aliphatic hydroxyl groups excluding tert-OH is 16. The Morgan fingerprint density at radius 2 is 1.02 bits per heavy atom. The molecule has 37 nitrogen and oxygen atoms in total. The third-order valence-corrected chi connectivity index (χ3v) is 14.2. The van der Waals surface area contributed by atoms with Crippen molar-refractivity contribution in [1.29, 1.82) is 0 Å². The Labute approximate surface area is 457 Å². The van der Waals surface area contributed by atoms with Crippen molar-refractivity contribution in [3.8, 4) is 0 Å². The molecule has 81 heavy (non-hydrogen) atoms. The first-order chi connectivity index (χ1) is 38.2. The van der Waals surface area contributed by atoms with Crippen LogP contribution in [0.2, 0.25) is 0 Å². The van der Waals surface area contributed by atoms with E-state index < -0.39 is 253 Å². The highest BCUT2D eigenvalue weighted by molar-refractivity contribution is 5.79. The Hall–Kier alpha value is -3.73. The molecule has 0 spiro atoms. The maximum atomic E-state index is 13.6. The predicted octanol–water partition coefficient (Wildman–Crippen LogP) is -13.8. The van der Waals surface area contributed by atoms with E-state index in [1.165, 1.54) is 0 Å². The predicted molar refractivity (Wildman–Crippen MR) is 248 cm³/mol. The van der Waals surface area contributed by atoms with Gasteiger partial charge in [0.2, 0.25) is 17.7 Å². The number of amides is 3. The van der Waals surface area contributed by atoms with E-state index in [0.29, 0.717) is 0 Å². The second kappa shape index (κ2) is 29.4. The lowest BCUT2D eigenvalue weighted by Gasteiger charge is -2.52. The number of methoxy groups -OCH3 is 2. The van der Waals surface area contributed by atoms with Gasteiger partial charge in [-0.3, -0.25) is 14.4 Å². The van der Waals surface area contributed by atoms with Crippen LogP contribution in [-0.4, -0.2) is 347 Å². The summed E-state index contributed by atoms with van der Waals surface area (Å²) in [5, 5.41) is 200. The average Bonchev–Trinajstić information content (AvgIpc) is 3.62. The van der Waals surface area contributed by atoms with Crippen molar-refractivity contribution in [2.24, 2.45) is 0 Å². The van der Waals surface area contributed by atoms with Gasteiger partial charge in [-0.2, -0.15) is 0 Å². The first kappa shape index (κ1) is 68.1. The van der Waals surface area contributed by atoms with E-state index in [1.807, 2.05) is 0 Å². The second-order valence-corrected chi connectivity index (χ2v) is 19.5. The van der Waals surface area contributed by atoms with Gasteiger partial charge in [0.1, 0.15) is 123 Å². The molecule has 37 heteroatoms. The zero-order chi connectivity index (χ0) is 60.6. The van der Waals surface area contributed by atoms with Crippen molar-refractivity contribution in [2.75, 3.05) is 60.5 Å². The number of rotatable bonds is 26. The SMILES string of the molecule is CO[C@H](CO)[C@@H](O)[C@@H]1OC(OC[C@H]2OC(O[C@H]3[C@@H](O)[C@@H](CO)OC(O[C@H]4[C@H](O)[C@@H](O)C(O)O[C@@H]4CO)[C@@H]3O)[C@H](NC(C)=O)[C@@H](OC3(C(=O)O)C[C@H](O)[C@@H](NC(=O)CO)[C@H]([C@H](O)[C@@H](CO)OC)O3)[C@H]2O)(C(=O)O)C[C@H](O)[C@H]1NC(=O)CO. The van der Waals surface area contributed by atoms with Gasteiger partial charge in [0.25, 0.3) is 11.6 Å². The average molecular weight is 1190 g/mol. The van der Waals surface area contributed by atoms with Gasteiger partial charge in [-0.25, -0.2) is 9.59 Å². The van der Waals surface area contributed by atoms with E-state index in [9.17, 15) is 116 Å².